The molecule has 0 bridgehead atoms. The summed E-state index contributed by atoms with van der Waals surface area (Å²) in [5.41, 5.74) is 0. The van der Waals surface area contributed by atoms with Gasteiger partial charge >= 0.3 is 0 Å². The molecular weight excluding hydrogens is 315 g/mol. The van der Waals surface area contributed by atoms with Crippen LogP contribution < -0.4 is 21.0 Å². The van der Waals surface area contributed by atoms with E-state index in [9.17, 15) is 9.90 Å². The van der Waals surface area contributed by atoms with Crippen molar-refractivity contribution >= 4 is 34.1 Å². The molecule has 0 radical (unpaired) electrons. The quantitative estimate of drug-likeness (QED) is 0.685. The highest BCUT2D eigenvalue weighted by Crippen LogP contribution is 2.45. The molecule has 0 fully saturated rings. The van der Waals surface area contributed by atoms with Crippen molar-refractivity contribution in [3.8, 4) is 0 Å². The average Bonchev–Trinajstić information content (AvgIpc) is 2.65. The molecule has 3 aromatic carbocycles. The molecule has 2 nitrogen and oxygen atoms in total. The zero-order valence-corrected chi connectivity index (χ0v) is 14.3. The summed E-state index contributed by atoms with van der Waals surface area (Å²) >= 11 is 0. The molecule has 0 N–H and O–H groups in total. The van der Waals surface area contributed by atoms with E-state index >= 15 is 0 Å². The molecular formula is C21H18O2P-. The minimum absolute atomic E-state index is 0.381. The van der Waals surface area contributed by atoms with Gasteiger partial charge in [0.1, 0.15) is 0 Å². The van der Waals surface area contributed by atoms with Crippen LogP contribution in [0.4, 0.5) is 0 Å². The van der Waals surface area contributed by atoms with E-state index < -0.39 is 12.9 Å². The zero-order chi connectivity index (χ0) is 17.0. The Morgan fingerprint density at radius 3 is 1.21 bits per heavy atom. The molecule has 0 aliphatic heterocycles. The van der Waals surface area contributed by atoms with Gasteiger partial charge in [-0.1, -0.05) is 91.0 Å². The third kappa shape index (κ3) is 2.70. The first-order chi connectivity index (χ1) is 11.7. The summed E-state index contributed by atoms with van der Waals surface area (Å²) in [5, 5.41) is 15.4. The van der Waals surface area contributed by atoms with Crippen molar-refractivity contribution in [1.29, 1.82) is 0 Å². The number of carbonyl (C=O) groups is 1. The summed E-state index contributed by atoms with van der Waals surface area (Å²) in [6.07, 6.45) is 0. The summed E-state index contributed by atoms with van der Waals surface area (Å²) in [5.74, 6) is -1.10. The van der Waals surface area contributed by atoms with Gasteiger partial charge in [-0.05, 0) is 35.0 Å². The molecule has 3 heteroatoms. The van der Waals surface area contributed by atoms with Crippen LogP contribution in [0.1, 0.15) is 6.92 Å². The second kappa shape index (κ2) is 6.90. The number of hydrogen-bond donors (Lipinski definition) is 0. The van der Waals surface area contributed by atoms with E-state index in [-0.39, 0.29) is 0 Å². The van der Waals surface area contributed by atoms with Crippen molar-refractivity contribution in [2.75, 3.05) is 0 Å². The first-order valence-electron chi connectivity index (χ1n) is 7.78. The first-order valence-corrected chi connectivity index (χ1v) is 9.57. The molecule has 0 amide bonds. The fourth-order valence-corrected chi connectivity index (χ4v) is 7.31. The van der Waals surface area contributed by atoms with Gasteiger partial charge in [0.15, 0.2) is 0 Å². The van der Waals surface area contributed by atoms with Gasteiger partial charge in [-0.3, -0.25) is 0 Å². The Hall–Kier alpha value is -2.57. The van der Waals surface area contributed by atoms with Crippen LogP contribution in [-0.2, 0) is 4.79 Å². The van der Waals surface area contributed by atoms with Crippen molar-refractivity contribution in [1.82, 2.24) is 0 Å². The van der Waals surface area contributed by atoms with Crippen molar-refractivity contribution in [2.24, 2.45) is 0 Å². The van der Waals surface area contributed by atoms with Crippen LogP contribution in [0.2, 0.25) is 0 Å². The van der Waals surface area contributed by atoms with Crippen molar-refractivity contribution < 1.29 is 9.90 Å². The Balaban J connectivity index is 2.53. The van der Waals surface area contributed by atoms with Gasteiger partial charge < -0.3 is 9.90 Å². The van der Waals surface area contributed by atoms with Gasteiger partial charge in [-0.2, -0.15) is 0 Å². The van der Waals surface area contributed by atoms with E-state index in [1.54, 1.807) is 6.92 Å². The topological polar surface area (TPSA) is 40.1 Å². The third-order valence-electron chi connectivity index (χ3n) is 4.23. The number of benzene rings is 3. The fraction of sp³-hybridized carbons (Fsp3) is 0.0476. The maximum absolute atomic E-state index is 11.9. The van der Waals surface area contributed by atoms with E-state index in [4.69, 9.17) is 0 Å². The van der Waals surface area contributed by atoms with Gasteiger partial charge in [0.2, 0.25) is 0 Å². The van der Waals surface area contributed by atoms with Crippen LogP contribution in [0, 0.1) is 0 Å². The summed E-state index contributed by atoms with van der Waals surface area (Å²) in [4.78, 5) is 11.9. The van der Waals surface area contributed by atoms with Gasteiger partial charge in [-0.15, -0.1) is 0 Å². The Bertz CT molecular complexity index is 781. The fourth-order valence-electron chi connectivity index (χ4n) is 3.12. The molecule has 0 aromatic heterocycles. The molecule has 0 atom stereocenters. The van der Waals surface area contributed by atoms with Crippen LogP contribution in [0.3, 0.4) is 0 Å². The lowest BCUT2D eigenvalue weighted by Gasteiger charge is -2.32. The highest BCUT2D eigenvalue weighted by Gasteiger charge is 2.28. The van der Waals surface area contributed by atoms with Gasteiger partial charge in [0.05, 0.1) is 5.97 Å². The molecule has 0 unspecified atom stereocenters. The van der Waals surface area contributed by atoms with E-state index in [2.05, 4.69) is 0 Å². The predicted octanol–water partition coefficient (Wildman–Crippen LogP) is 1.92. The van der Waals surface area contributed by atoms with E-state index in [0.29, 0.717) is 5.29 Å². The van der Waals surface area contributed by atoms with Crippen LogP contribution in [0.5, 0.6) is 0 Å². The summed E-state index contributed by atoms with van der Waals surface area (Å²) in [6.45, 7) is -0.755. The summed E-state index contributed by atoms with van der Waals surface area (Å²) in [7, 11) is 0. The molecule has 0 heterocycles. The Morgan fingerprint density at radius 1 is 0.667 bits per heavy atom. The Kier molecular flexibility index (Phi) is 4.69. The maximum Gasteiger partial charge on any atom is 0.0682 e. The molecule has 3 aromatic rings. The summed E-state index contributed by atoms with van der Waals surface area (Å²) in [6, 6.07) is 29.7. The third-order valence-corrected chi connectivity index (χ3v) is 8.64. The highest BCUT2D eigenvalue weighted by atomic mass is 31.2. The molecule has 3 rings (SSSR count). The van der Waals surface area contributed by atoms with E-state index in [1.807, 2.05) is 91.0 Å². The molecule has 0 aliphatic carbocycles. The van der Waals surface area contributed by atoms with Crippen molar-refractivity contribution in [3.63, 3.8) is 0 Å². The monoisotopic (exact) mass is 333 g/mol. The van der Waals surface area contributed by atoms with E-state index in [0.717, 1.165) is 15.9 Å². The second-order valence-corrected chi connectivity index (χ2v) is 9.11. The number of hydrogen-bond acceptors (Lipinski definition) is 2. The van der Waals surface area contributed by atoms with Crippen LogP contribution in [0.25, 0.3) is 0 Å². The van der Waals surface area contributed by atoms with Crippen molar-refractivity contribution in [3.05, 3.63) is 91.0 Å². The lowest BCUT2D eigenvalue weighted by Crippen LogP contribution is -2.38. The Morgan fingerprint density at radius 2 is 0.958 bits per heavy atom. The smallest absolute Gasteiger partial charge is 0.0682 e. The predicted molar refractivity (Wildman–Crippen MR) is 101 cm³/mol. The highest BCUT2D eigenvalue weighted by molar-refractivity contribution is 7.96. The zero-order valence-electron chi connectivity index (χ0n) is 13.4. The minimum atomic E-state index is -2.45. The lowest BCUT2D eigenvalue weighted by molar-refractivity contribution is -0.293. The van der Waals surface area contributed by atoms with Gasteiger partial charge in [-0.25, -0.2) is 0 Å². The van der Waals surface area contributed by atoms with Crippen LogP contribution in [0.15, 0.2) is 91.0 Å². The second-order valence-electron chi connectivity index (χ2n) is 5.55. The van der Waals surface area contributed by atoms with E-state index in [1.165, 1.54) is 0 Å². The normalized spacial score (nSPS) is 11.0. The van der Waals surface area contributed by atoms with Crippen LogP contribution in [-0.4, -0.2) is 11.3 Å². The largest absolute Gasteiger partial charge is 0.545 e. The number of carbonyl (C=O) groups excluding carboxylic acids is 1. The molecule has 0 spiro atoms. The standard InChI is InChI=1S/C21H19O2P/c1-17(21(22)23)24(18-11-5-2-6-12-18,19-13-7-3-8-14-19)20-15-9-4-10-16-20/h2-16H,1H3,(H,22,23)/p-1. The lowest BCUT2D eigenvalue weighted by atomic mass is 10.4. The van der Waals surface area contributed by atoms with Gasteiger partial charge in [0, 0.05) is 0 Å². The minimum Gasteiger partial charge on any atom is -0.545 e. The number of rotatable bonds is 4. The number of aliphatic carboxylic acids is 1. The molecule has 24 heavy (non-hydrogen) atoms. The van der Waals surface area contributed by atoms with Gasteiger partial charge in [0.25, 0.3) is 0 Å². The maximum atomic E-state index is 11.9. The number of carboxylic acid groups (broad SMARTS) is 1. The Labute approximate surface area is 142 Å². The molecule has 120 valence electrons. The molecule has 0 aliphatic rings. The first kappa shape index (κ1) is 16.3. The summed E-state index contributed by atoms with van der Waals surface area (Å²) < 4.78 is 0. The van der Waals surface area contributed by atoms with Crippen molar-refractivity contribution in [2.45, 2.75) is 6.92 Å². The molecule has 0 saturated heterocycles. The van der Waals surface area contributed by atoms with Crippen LogP contribution >= 0.6 is 6.89 Å². The molecule has 0 saturated carbocycles. The number of carboxylic acids is 1. The average molecular weight is 333 g/mol. The SMILES string of the molecule is CC(C(=O)[O-])=P(c1ccccc1)(c1ccccc1)c1ccccc1.